The van der Waals surface area contributed by atoms with Gasteiger partial charge in [-0.15, -0.1) is 0 Å². The average molecular weight is 406 g/mol. The molecular weight excluding hydrogens is 378 g/mol. The first-order valence-electron chi connectivity index (χ1n) is 9.64. The summed E-state index contributed by atoms with van der Waals surface area (Å²) in [6.45, 7) is 4.03. The molecule has 0 aromatic heterocycles. The standard InChI is InChI=1S/C20H27N3O4S/c1-14-6-8-17(9-7-14)28(26,27)23-11-10-21-20(25)18(23)13-19(24)22-16-5-3-4-15(2)12-16/h6-11,15-16,18H,3-5,12-13H2,1-2H3,(H,21,25)(H,22,24)/t15?,16?,18-/m0/s1. The quantitative estimate of drug-likeness (QED) is 0.784. The Hall–Kier alpha value is -2.35. The zero-order valence-electron chi connectivity index (χ0n) is 16.2. The summed E-state index contributed by atoms with van der Waals surface area (Å²) in [5, 5.41) is 5.48. The monoisotopic (exact) mass is 405 g/mol. The van der Waals surface area contributed by atoms with Crippen LogP contribution in [0, 0.1) is 12.8 Å². The van der Waals surface area contributed by atoms with Crippen LogP contribution in [0.15, 0.2) is 41.6 Å². The molecule has 1 aliphatic carbocycles. The van der Waals surface area contributed by atoms with Gasteiger partial charge < -0.3 is 10.6 Å². The van der Waals surface area contributed by atoms with Crippen molar-refractivity contribution in [2.45, 2.75) is 62.9 Å². The minimum atomic E-state index is -3.94. The van der Waals surface area contributed by atoms with Crippen molar-refractivity contribution >= 4 is 21.8 Å². The van der Waals surface area contributed by atoms with Crippen LogP contribution < -0.4 is 10.6 Å². The van der Waals surface area contributed by atoms with E-state index in [1.165, 1.54) is 24.5 Å². The molecule has 8 heteroatoms. The van der Waals surface area contributed by atoms with E-state index in [0.717, 1.165) is 35.6 Å². The molecule has 1 saturated carbocycles. The number of nitrogens with zero attached hydrogens (tertiary/aromatic N) is 1. The molecule has 0 spiro atoms. The molecular formula is C20H27N3O4S. The van der Waals surface area contributed by atoms with E-state index in [9.17, 15) is 18.0 Å². The summed E-state index contributed by atoms with van der Waals surface area (Å²) >= 11 is 0. The van der Waals surface area contributed by atoms with Crippen LogP contribution in [-0.4, -0.2) is 36.6 Å². The highest BCUT2D eigenvalue weighted by Crippen LogP contribution is 2.25. The first kappa shape index (κ1) is 20.4. The molecule has 3 atom stereocenters. The zero-order valence-corrected chi connectivity index (χ0v) is 17.0. The van der Waals surface area contributed by atoms with Crippen LogP contribution in [0.2, 0.25) is 0 Å². The van der Waals surface area contributed by atoms with Crippen molar-refractivity contribution in [1.29, 1.82) is 0 Å². The topological polar surface area (TPSA) is 95.6 Å². The fourth-order valence-corrected chi connectivity index (χ4v) is 5.25. The minimum Gasteiger partial charge on any atom is -0.353 e. The highest BCUT2D eigenvalue weighted by molar-refractivity contribution is 7.89. The lowest BCUT2D eigenvalue weighted by Crippen LogP contribution is -2.51. The van der Waals surface area contributed by atoms with E-state index in [4.69, 9.17) is 0 Å². The van der Waals surface area contributed by atoms with Crippen molar-refractivity contribution < 1.29 is 18.0 Å². The molecule has 1 heterocycles. The largest absolute Gasteiger partial charge is 0.353 e. The zero-order chi connectivity index (χ0) is 20.3. The molecule has 2 unspecified atom stereocenters. The van der Waals surface area contributed by atoms with Gasteiger partial charge in [-0.05, 0) is 37.8 Å². The Morgan fingerprint density at radius 3 is 2.64 bits per heavy atom. The van der Waals surface area contributed by atoms with Crippen molar-refractivity contribution in [3.63, 3.8) is 0 Å². The third-order valence-electron chi connectivity index (χ3n) is 5.33. The predicted octanol–water partition coefficient (Wildman–Crippen LogP) is 2.04. The fraction of sp³-hybridized carbons (Fsp3) is 0.500. The number of nitrogens with one attached hydrogen (secondary N) is 2. The summed E-state index contributed by atoms with van der Waals surface area (Å²) < 4.78 is 27.0. The van der Waals surface area contributed by atoms with Crippen molar-refractivity contribution in [2.75, 3.05) is 0 Å². The average Bonchev–Trinajstić information content (AvgIpc) is 2.63. The second-order valence-electron chi connectivity index (χ2n) is 7.73. The summed E-state index contributed by atoms with van der Waals surface area (Å²) in [4.78, 5) is 25.0. The Balaban J connectivity index is 1.76. The van der Waals surface area contributed by atoms with E-state index >= 15 is 0 Å². The molecule has 1 aromatic carbocycles. The number of rotatable bonds is 5. The lowest BCUT2D eigenvalue weighted by molar-refractivity contribution is -0.130. The molecule has 0 saturated heterocycles. The first-order valence-corrected chi connectivity index (χ1v) is 11.1. The second-order valence-corrected chi connectivity index (χ2v) is 9.57. The molecule has 1 fully saturated rings. The van der Waals surface area contributed by atoms with Gasteiger partial charge in [0.05, 0.1) is 11.3 Å². The number of hydrogen-bond acceptors (Lipinski definition) is 4. The fourth-order valence-electron chi connectivity index (χ4n) is 3.80. The second kappa shape index (κ2) is 8.34. The molecule has 28 heavy (non-hydrogen) atoms. The Morgan fingerprint density at radius 2 is 1.96 bits per heavy atom. The SMILES string of the molecule is Cc1ccc(S(=O)(=O)N2C=CNC(=O)[C@@H]2CC(=O)NC2CCCC(C)C2)cc1. The maximum absolute atomic E-state index is 13.0. The molecule has 1 aromatic rings. The van der Waals surface area contributed by atoms with Crippen molar-refractivity contribution in [2.24, 2.45) is 5.92 Å². The van der Waals surface area contributed by atoms with Crippen LogP contribution in [-0.2, 0) is 19.6 Å². The number of aryl methyl sites for hydroxylation is 1. The summed E-state index contributed by atoms with van der Waals surface area (Å²) in [6.07, 6.45) is 6.41. The highest BCUT2D eigenvalue weighted by Gasteiger charge is 2.37. The Labute approximate surface area is 166 Å². The van der Waals surface area contributed by atoms with E-state index in [0.29, 0.717) is 5.92 Å². The molecule has 2 aliphatic rings. The summed E-state index contributed by atoms with van der Waals surface area (Å²) in [6, 6.07) is 5.38. The van der Waals surface area contributed by atoms with E-state index in [-0.39, 0.29) is 23.3 Å². The molecule has 0 bridgehead atoms. The third kappa shape index (κ3) is 4.55. The van der Waals surface area contributed by atoms with Gasteiger partial charge in [0, 0.05) is 18.4 Å². The van der Waals surface area contributed by atoms with Crippen LogP contribution in [0.5, 0.6) is 0 Å². The van der Waals surface area contributed by atoms with Crippen molar-refractivity contribution in [1.82, 2.24) is 14.9 Å². The molecule has 3 rings (SSSR count). The Morgan fingerprint density at radius 1 is 1.25 bits per heavy atom. The van der Waals surface area contributed by atoms with Gasteiger partial charge in [-0.3, -0.25) is 13.9 Å². The summed E-state index contributed by atoms with van der Waals surface area (Å²) in [7, 11) is -3.94. The van der Waals surface area contributed by atoms with E-state index in [1.807, 2.05) is 6.92 Å². The maximum atomic E-state index is 13.0. The van der Waals surface area contributed by atoms with Crippen LogP contribution in [0.4, 0.5) is 0 Å². The maximum Gasteiger partial charge on any atom is 0.264 e. The molecule has 1 aliphatic heterocycles. The van der Waals surface area contributed by atoms with Gasteiger partial charge in [-0.2, -0.15) is 0 Å². The van der Waals surface area contributed by atoms with Gasteiger partial charge in [-0.25, -0.2) is 8.42 Å². The lowest BCUT2D eigenvalue weighted by Gasteiger charge is -2.32. The third-order valence-corrected chi connectivity index (χ3v) is 7.13. The van der Waals surface area contributed by atoms with Gasteiger partial charge in [0.15, 0.2) is 0 Å². The molecule has 0 radical (unpaired) electrons. The number of carbonyl (C=O) groups excluding carboxylic acids is 2. The van der Waals surface area contributed by atoms with E-state index < -0.39 is 22.0 Å². The Kier molecular flexibility index (Phi) is 6.07. The molecule has 2 amide bonds. The molecule has 2 N–H and O–H groups in total. The number of benzene rings is 1. The van der Waals surface area contributed by atoms with Crippen LogP contribution in [0.1, 0.15) is 44.6 Å². The summed E-state index contributed by atoms with van der Waals surface area (Å²) in [5.41, 5.74) is 0.934. The number of carbonyl (C=O) groups is 2. The van der Waals surface area contributed by atoms with Crippen LogP contribution in [0.3, 0.4) is 0 Å². The van der Waals surface area contributed by atoms with E-state index in [1.54, 1.807) is 12.1 Å². The molecule has 7 nitrogen and oxygen atoms in total. The van der Waals surface area contributed by atoms with Crippen molar-refractivity contribution in [3.8, 4) is 0 Å². The minimum absolute atomic E-state index is 0.0839. The number of hydrogen-bond donors (Lipinski definition) is 2. The smallest absolute Gasteiger partial charge is 0.264 e. The normalized spacial score (nSPS) is 25.3. The van der Waals surface area contributed by atoms with Gasteiger partial charge in [-0.1, -0.05) is 37.5 Å². The van der Waals surface area contributed by atoms with Crippen LogP contribution in [0.25, 0.3) is 0 Å². The highest BCUT2D eigenvalue weighted by atomic mass is 32.2. The van der Waals surface area contributed by atoms with Crippen molar-refractivity contribution in [3.05, 3.63) is 42.2 Å². The van der Waals surface area contributed by atoms with Gasteiger partial charge in [0.1, 0.15) is 6.04 Å². The number of amides is 2. The Bertz CT molecular complexity index is 864. The lowest BCUT2D eigenvalue weighted by atomic mass is 9.87. The predicted molar refractivity (Wildman–Crippen MR) is 105 cm³/mol. The van der Waals surface area contributed by atoms with Gasteiger partial charge >= 0.3 is 0 Å². The van der Waals surface area contributed by atoms with E-state index in [2.05, 4.69) is 17.6 Å². The van der Waals surface area contributed by atoms with Crippen LogP contribution >= 0.6 is 0 Å². The van der Waals surface area contributed by atoms with Gasteiger partial charge in [0.2, 0.25) is 11.8 Å². The van der Waals surface area contributed by atoms with Gasteiger partial charge in [0.25, 0.3) is 10.0 Å². The number of sulfonamides is 1. The summed E-state index contributed by atoms with van der Waals surface area (Å²) in [5.74, 6) is -0.262. The first-order chi connectivity index (χ1) is 13.3. The molecule has 152 valence electrons.